The molecule has 164 valence electrons. The van der Waals surface area contributed by atoms with Crippen molar-refractivity contribution < 1.29 is 14.3 Å². The van der Waals surface area contributed by atoms with E-state index in [1.54, 1.807) is 4.90 Å². The molecule has 0 N–H and O–H groups in total. The van der Waals surface area contributed by atoms with Crippen LogP contribution in [0.4, 0.5) is 4.79 Å². The highest BCUT2D eigenvalue weighted by atomic mass is 16.6. The smallest absolute Gasteiger partial charge is 0.410 e. The van der Waals surface area contributed by atoms with E-state index in [4.69, 9.17) is 4.74 Å². The van der Waals surface area contributed by atoms with Crippen LogP contribution in [0, 0.1) is 0 Å². The number of amides is 2. The Bertz CT molecular complexity index is 873. The van der Waals surface area contributed by atoms with Crippen molar-refractivity contribution in [3.8, 4) is 0 Å². The molecule has 0 saturated carbocycles. The van der Waals surface area contributed by atoms with Gasteiger partial charge in [-0.3, -0.25) is 4.79 Å². The van der Waals surface area contributed by atoms with Gasteiger partial charge in [-0.05, 0) is 51.2 Å². The first-order valence-electron chi connectivity index (χ1n) is 11.2. The van der Waals surface area contributed by atoms with Crippen LogP contribution < -0.4 is 0 Å². The second-order valence-corrected chi connectivity index (χ2v) is 9.69. The molecular formula is C26H32N2O3. The predicted octanol–water partition coefficient (Wildman–Crippen LogP) is 4.82. The number of likely N-dealkylation sites (tertiary alicyclic amines) is 2. The summed E-state index contributed by atoms with van der Waals surface area (Å²) < 4.78 is 5.53. The predicted molar refractivity (Wildman–Crippen MR) is 121 cm³/mol. The molecule has 31 heavy (non-hydrogen) atoms. The van der Waals surface area contributed by atoms with Gasteiger partial charge < -0.3 is 14.5 Å². The Kier molecular flexibility index (Phi) is 5.78. The highest BCUT2D eigenvalue weighted by molar-refractivity contribution is 5.88. The number of carbonyl (C=O) groups excluding carboxylic acids is 2. The molecule has 2 aliphatic heterocycles. The summed E-state index contributed by atoms with van der Waals surface area (Å²) >= 11 is 0. The van der Waals surface area contributed by atoms with Gasteiger partial charge in [0.2, 0.25) is 5.91 Å². The number of hydrogen-bond donors (Lipinski definition) is 0. The molecule has 0 radical (unpaired) electrons. The molecule has 2 fully saturated rings. The summed E-state index contributed by atoms with van der Waals surface area (Å²) in [5, 5.41) is 0. The number of nitrogens with zero attached hydrogens (tertiary/aromatic N) is 2. The summed E-state index contributed by atoms with van der Waals surface area (Å²) in [6, 6.07) is 20.1. The quantitative estimate of drug-likeness (QED) is 0.715. The van der Waals surface area contributed by atoms with Crippen molar-refractivity contribution in [2.75, 3.05) is 19.6 Å². The van der Waals surface area contributed by atoms with Crippen LogP contribution in [0.25, 0.3) is 0 Å². The van der Waals surface area contributed by atoms with Crippen LogP contribution in [0.15, 0.2) is 60.7 Å². The average Bonchev–Trinajstić information content (AvgIpc) is 2.73. The molecule has 4 rings (SSSR count). The van der Waals surface area contributed by atoms with E-state index >= 15 is 0 Å². The normalized spacial score (nSPS) is 18.1. The summed E-state index contributed by atoms with van der Waals surface area (Å²) in [5.41, 5.74) is 1.40. The van der Waals surface area contributed by atoms with Crippen molar-refractivity contribution in [1.82, 2.24) is 9.80 Å². The lowest BCUT2D eigenvalue weighted by Gasteiger charge is -2.57. The maximum Gasteiger partial charge on any atom is 0.410 e. The van der Waals surface area contributed by atoms with E-state index in [0.717, 1.165) is 36.9 Å². The van der Waals surface area contributed by atoms with Crippen LogP contribution in [0.1, 0.15) is 57.1 Å². The first-order valence-corrected chi connectivity index (χ1v) is 11.2. The number of hydrogen-bond acceptors (Lipinski definition) is 3. The molecule has 0 atom stereocenters. The molecule has 1 spiro atoms. The van der Waals surface area contributed by atoms with Gasteiger partial charge in [-0.2, -0.15) is 0 Å². The fourth-order valence-electron chi connectivity index (χ4n) is 4.76. The van der Waals surface area contributed by atoms with Gasteiger partial charge in [0.25, 0.3) is 0 Å². The maximum absolute atomic E-state index is 13.8. The number of piperidine rings is 1. The van der Waals surface area contributed by atoms with Crippen molar-refractivity contribution in [3.63, 3.8) is 0 Å². The molecular weight excluding hydrogens is 388 g/mol. The zero-order valence-electron chi connectivity index (χ0n) is 18.7. The van der Waals surface area contributed by atoms with E-state index in [0.29, 0.717) is 13.1 Å². The minimum absolute atomic E-state index is 0.141. The summed E-state index contributed by atoms with van der Waals surface area (Å²) in [6.45, 7) is 7.68. The number of ether oxygens (including phenoxy) is 1. The zero-order chi connectivity index (χ0) is 22.1. The van der Waals surface area contributed by atoms with Gasteiger partial charge >= 0.3 is 6.09 Å². The first-order chi connectivity index (χ1) is 14.8. The van der Waals surface area contributed by atoms with Crippen LogP contribution in [-0.2, 0) is 9.53 Å². The highest BCUT2D eigenvalue weighted by Gasteiger charge is 2.51. The molecule has 5 heteroatoms. The van der Waals surface area contributed by atoms with Gasteiger partial charge in [-0.1, -0.05) is 60.7 Å². The van der Waals surface area contributed by atoms with Gasteiger partial charge in [0.05, 0.1) is 5.92 Å². The van der Waals surface area contributed by atoms with Gasteiger partial charge in [-0.25, -0.2) is 4.79 Å². The summed E-state index contributed by atoms with van der Waals surface area (Å²) in [5.74, 6) is -0.141. The number of rotatable bonds is 3. The molecule has 2 heterocycles. The summed E-state index contributed by atoms with van der Waals surface area (Å²) in [6.07, 6.45) is 2.34. The van der Waals surface area contributed by atoms with E-state index in [2.05, 4.69) is 4.90 Å². The van der Waals surface area contributed by atoms with Crippen LogP contribution in [0.5, 0.6) is 0 Å². The Morgan fingerprint density at radius 2 is 1.32 bits per heavy atom. The van der Waals surface area contributed by atoms with Gasteiger partial charge in [0.1, 0.15) is 5.60 Å². The lowest BCUT2D eigenvalue weighted by Crippen LogP contribution is -2.67. The molecule has 2 aliphatic rings. The van der Waals surface area contributed by atoms with Crippen LogP contribution in [-0.4, -0.2) is 52.6 Å². The summed E-state index contributed by atoms with van der Waals surface area (Å²) in [7, 11) is 0. The number of benzene rings is 2. The first kappa shape index (κ1) is 21.4. The Hall–Kier alpha value is -2.82. The second-order valence-electron chi connectivity index (χ2n) is 9.69. The Morgan fingerprint density at radius 1 is 0.839 bits per heavy atom. The van der Waals surface area contributed by atoms with Crippen molar-refractivity contribution in [2.45, 2.75) is 57.1 Å². The minimum atomic E-state index is -0.497. The van der Waals surface area contributed by atoms with Crippen molar-refractivity contribution >= 4 is 12.0 Å². The Labute approximate surface area is 185 Å². The van der Waals surface area contributed by atoms with Crippen molar-refractivity contribution in [1.29, 1.82) is 0 Å². The Morgan fingerprint density at radius 3 is 1.74 bits per heavy atom. The molecule has 0 aliphatic carbocycles. The standard InChI is InChI=1S/C26H32N2O3/c1-25(2,3)31-24(30)27-17-14-26(15-18-27)16-19-28(26)23(29)22(20-10-6-4-7-11-20)21-12-8-5-9-13-21/h4-13,22H,14-19H2,1-3H3. The third-order valence-electron chi connectivity index (χ3n) is 6.50. The summed E-state index contributed by atoms with van der Waals surface area (Å²) in [4.78, 5) is 30.1. The third kappa shape index (κ3) is 4.46. The van der Waals surface area contributed by atoms with Crippen molar-refractivity contribution in [2.24, 2.45) is 0 Å². The minimum Gasteiger partial charge on any atom is -0.444 e. The van der Waals surface area contributed by atoms with Gasteiger partial charge in [0.15, 0.2) is 0 Å². The molecule has 0 bridgehead atoms. The van der Waals surface area contributed by atoms with E-state index in [9.17, 15) is 9.59 Å². The lowest BCUT2D eigenvalue weighted by atomic mass is 9.74. The largest absolute Gasteiger partial charge is 0.444 e. The van der Waals surface area contributed by atoms with Crippen LogP contribution >= 0.6 is 0 Å². The fourth-order valence-corrected chi connectivity index (χ4v) is 4.76. The molecule has 5 nitrogen and oxygen atoms in total. The second kappa shape index (κ2) is 8.37. The van der Waals surface area contributed by atoms with Crippen LogP contribution in [0.3, 0.4) is 0 Å². The molecule has 2 aromatic rings. The molecule has 2 aromatic carbocycles. The Balaban J connectivity index is 1.50. The molecule has 2 amide bonds. The lowest BCUT2D eigenvalue weighted by molar-refractivity contribution is -0.152. The highest BCUT2D eigenvalue weighted by Crippen LogP contribution is 2.43. The van der Waals surface area contributed by atoms with E-state index in [1.165, 1.54) is 0 Å². The SMILES string of the molecule is CC(C)(C)OC(=O)N1CCC2(CC1)CCN2C(=O)C(c1ccccc1)c1ccccc1. The van der Waals surface area contributed by atoms with Crippen LogP contribution in [0.2, 0.25) is 0 Å². The van der Waals surface area contributed by atoms with Crippen molar-refractivity contribution in [3.05, 3.63) is 71.8 Å². The van der Waals surface area contributed by atoms with Gasteiger partial charge in [0, 0.05) is 25.2 Å². The average molecular weight is 421 g/mol. The number of carbonyl (C=O) groups is 2. The van der Waals surface area contributed by atoms with E-state index in [1.807, 2.05) is 81.4 Å². The maximum atomic E-state index is 13.8. The molecule has 0 aromatic heterocycles. The van der Waals surface area contributed by atoms with E-state index in [-0.39, 0.29) is 23.5 Å². The topological polar surface area (TPSA) is 49.9 Å². The zero-order valence-corrected chi connectivity index (χ0v) is 18.7. The van der Waals surface area contributed by atoms with Gasteiger partial charge in [-0.15, -0.1) is 0 Å². The third-order valence-corrected chi connectivity index (χ3v) is 6.50. The fraction of sp³-hybridized carbons (Fsp3) is 0.462. The monoisotopic (exact) mass is 420 g/mol. The molecule has 0 unspecified atom stereocenters. The molecule has 2 saturated heterocycles. The van der Waals surface area contributed by atoms with E-state index < -0.39 is 5.60 Å².